The van der Waals surface area contributed by atoms with Crippen molar-refractivity contribution < 1.29 is 9.13 Å². The minimum atomic E-state index is 1.02. The van der Waals surface area contributed by atoms with Crippen molar-refractivity contribution in [1.82, 2.24) is 9.13 Å². The second-order valence-electron chi connectivity index (χ2n) is 6.15. The number of nitrogens with zero attached hydrogens (tertiary/aromatic N) is 4. The first kappa shape index (κ1) is 16.5. The molecule has 0 bridgehead atoms. The Bertz CT molecular complexity index is 708. The summed E-state index contributed by atoms with van der Waals surface area (Å²) in [5, 5.41) is 0. The van der Waals surface area contributed by atoms with Gasteiger partial charge < -0.3 is 18.3 Å². The van der Waals surface area contributed by atoms with Crippen LogP contribution in [0.1, 0.15) is 39.5 Å². The van der Waals surface area contributed by atoms with Crippen molar-refractivity contribution in [1.29, 1.82) is 0 Å². The van der Waals surface area contributed by atoms with Crippen molar-refractivity contribution in [2.45, 2.75) is 52.6 Å². The lowest BCUT2D eigenvalue weighted by atomic mass is 10.2. The number of rotatable bonds is 8. The molecule has 2 aromatic heterocycles. The zero-order valence-corrected chi connectivity index (χ0v) is 14.7. The molecule has 126 valence electrons. The van der Waals surface area contributed by atoms with Gasteiger partial charge in [-0.3, -0.25) is 0 Å². The van der Waals surface area contributed by atoms with Crippen LogP contribution < -0.4 is 9.13 Å². The highest BCUT2D eigenvalue weighted by Crippen LogP contribution is 2.13. The van der Waals surface area contributed by atoms with Gasteiger partial charge in [0.2, 0.25) is 12.7 Å². The number of unbranched alkanes of at least 4 members (excludes halogenated alkanes) is 2. The third-order valence-corrected chi connectivity index (χ3v) is 4.15. The molecule has 0 aliphatic heterocycles. The van der Waals surface area contributed by atoms with Gasteiger partial charge >= 0.3 is 0 Å². The molecule has 0 radical (unpaired) electrons. The molecule has 24 heavy (non-hydrogen) atoms. The highest BCUT2D eigenvalue weighted by atomic mass is 15.1. The van der Waals surface area contributed by atoms with E-state index in [0.717, 1.165) is 24.5 Å². The fourth-order valence-corrected chi connectivity index (χ4v) is 2.69. The third-order valence-electron chi connectivity index (χ3n) is 4.15. The van der Waals surface area contributed by atoms with Gasteiger partial charge in [0, 0.05) is 36.2 Å². The lowest BCUT2D eigenvalue weighted by molar-refractivity contribution is -0.700. The molecule has 0 aliphatic rings. The van der Waals surface area contributed by atoms with E-state index in [4.69, 9.17) is 0 Å². The van der Waals surface area contributed by atoms with Crippen LogP contribution in [0.15, 0.2) is 49.1 Å². The van der Waals surface area contributed by atoms with Gasteiger partial charge in [-0.1, -0.05) is 51.0 Å². The summed E-state index contributed by atoms with van der Waals surface area (Å²) in [4.78, 5) is 0. The molecular weight excluding hydrogens is 296 g/mol. The molecule has 4 heteroatoms. The van der Waals surface area contributed by atoms with Crippen molar-refractivity contribution in [2.75, 3.05) is 0 Å². The van der Waals surface area contributed by atoms with Gasteiger partial charge in [-0.15, -0.1) is 0 Å². The number of aromatic nitrogens is 4. The molecule has 0 saturated heterocycles. The Labute approximate surface area is 144 Å². The van der Waals surface area contributed by atoms with Gasteiger partial charge in [-0.2, -0.15) is 0 Å². The minimum absolute atomic E-state index is 1.02. The molecule has 0 unspecified atom stereocenters. The maximum atomic E-state index is 3.38. The Morgan fingerprint density at radius 3 is 1.79 bits per heavy atom. The molecule has 0 amide bonds. The summed E-state index contributed by atoms with van der Waals surface area (Å²) < 4.78 is 8.34. The maximum absolute atomic E-state index is 3.38. The molecule has 4 nitrogen and oxygen atoms in total. The predicted octanol–water partition coefficient (Wildman–Crippen LogP) is 3.04. The first-order valence-corrected chi connectivity index (χ1v) is 8.91. The molecule has 2 heterocycles. The van der Waals surface area contributed by atoms with Crippen LogP contribution in [0, 0.1) is 12.7 Å². The van der Waals surface area contributed by atoms with E-state index in [1.807, 2.05) is 9.13 Å². The van der Waals surface area contributed by atoms with Crippen LogP contribution in [0.3, 0.4) is 0 Å². The summed E-state index contributed by atoms with van der Waals surface area (Å²) in [5.74, 6) is 0. The zero-order chi connectivity index (χ0) is 16.8. The average Bonchev–Trinajstić information content (AvgIpc) is 3.28. The molecule has 0 fully saturated rings. The first-order valence-electron chi connectivity index (χ1n) is 8.91. The fourth-order valence-electron chi connectivity index (χ4n) is 2.69. The number of hydrogen-bond donors (Lipinski definition) is 0. The summed E-state index contributed by atoms with van der Waals surface area (Å²) in [5.41, 5.74) is 2.23. The van der Waals surface area contributed by atoms with Gasteiger partial charge in [0.05, 0.1) is 13.1 Å². The van der Waals surface area contributed by atoms with Crippen LogP contribution in [0.4, 0.5) is 0 Å². The molecule has 0 aliphatic carbocycles. The minimum Gasteiger partial charge on any atom is -0.327 e. The van der Waals surface area contributed by atoms with Crippen LogP contribution in [-0.2, 0) is 13.1 Å². The second-order valence-corrected chi connectivity index (χ2v) is 6.15. The molecule has 3 rings (SSSR count). The zero-order valence-electron chi connectivity index (χ0n) is 14.7. The van der Waals surface area contributed by atoms with E-state index in [2.05, 4.69) is 84.7 Å². The molecule has 0 N–H and O–H groups in total. The highest BCUT2D eigenvalue weighted by Gasteiger charge is 2.03. The summed E-state index contributed by atoms with van der Waals surface area (Å²) in [6, 6.07) is 8.47. The predicted molar refractivity (Wildman–Crippen MR) is 93.0 cm³/mol. The highest BCUT2D eigenvalue weighted by molar-refractivity contribution is 5.43. The summed E-state index contributed by atoms with van der Waals surface area (Å²) >= 11 is 0. The normalized spacial score (nSPS) is 11.1. The van der Waals surface area contributed by atoms with E-state index in [9.17, 15) is 0 Å². The first-order chi connectivity index (χ1) is 11.8. The van der Waals surface area contributed by atoms with Crippen LogP contribution in [-0.4, -0.2) is 9.13 Å². The monoisotopic (exact) mass is 322 g/mol. The largest absolute Gasteiger partial charge is 0.327 e. The van der Waals surface area contributed by atoms with Crippen LogP contribution in [0.25, 0.3) is 11.4 Å². The summed E-state index contributed by atoms with van der Waals surface area (Å²) in [6.45, 7) is 6.46. The van der Waals surface area contributed by atoms with Gasteiger partial charge in [0.15, 0.2) is 0 Å². The second kappa shape index (κ2) is 7.95. The van der Waals surface area contributed by atoms with Gasteiger partial charge in [0.1, 0.15) is 0 Å². The number of aryl methyl sites for hydroxylation is 2. The lowest BCUT2D eigenvalue weighted by Gasteiger charge is -2.07. The topological polar surface area (TPSA) is 17.6 Å². The number of benzene rings is 1. The Morgan fingerprint density at radius 1 is 0.833 bits per heavy atom. The maximum Gasteiger partial charge on any atom is 0.243 e. The molecular formula is C20H26N4. The fraction of sp³-hybridized carbons (Fsp3) is 0.400. The van der Waals surface area contributed by atoms with E-state index in [-0.39, 0.29) is 0 Å². The summed E-state index contributed by atoms with van der Waals surface area (Å²) in [6.07, 6.45) is 19.8. The van der Waals surface area contributed by atoms with E-state index in [1.165, 1.54) is 25.7 Å². The van der Waals surface area contributed by atoms with Crippen molar-refractivity contribution in [3.8, 4) is 11.4 Å². The Hall–Kier alpha value is -2.36. The lowest BCUT2D eigenvalue weighted by Crippen LogP contribution is -2.31. The van der Waals surface area contributed by atoms with Gasteiger partial charge in [-0.25, -0.2) is 0 Å². The van der Waals surface area contributed by atoms with E-state index >= 15 is 0 Å². The Morgan fingerprint density at radius 2 is 1.33 bits per heavy atom. The van der Waals surface area contributed by atoms with Crippen molar-refractivity contribution in [2.24, 2.45) is 0 Å². The molecule has 0 saturated carbocycles. The SMILES string of the molecule is CCCC[n+]1[c-]n(-c2cccc(-n3[c-][n+](CCCC)cc3)c2)cc1. The van der Waals surface area contributed by atoms with E-state index < -0.39 is 0 Å². The third kappa shape index (κ3) is 3.94. The number of imidazole rings is 2. The summed E-state index contributed by atoms with van der Waals surface area (Å²) in [7, 11) is 0. The molecule has 0 spiro atoms. The molecule has 3 aromatic rings. The van der Waals surface area contributed by atoms with Crippen LogP contribution in [0.5, 0.6) is 0 Å². The van der Waals surface area contributed by atoms with Crippen LogP contribution in [0.2, 0.25) is 0 Å². The Kier molecular flexibility index (Phi) is 5.47. The van der Waals surface area contributed by atoms with Crippen LogP contribution >= 0.6 is 0 Å². The van der Waals surface area contributed by atoms with Gasteiger partial charge in [-0.05, 0) is 12.8 Å². The van der Waals surface area contributed by atoms with Crippen molar-refractivity contribution in [3.63, 3.8) is 0 Å². The quantitative estimate of drug-likeness (QED) is 0.448. The van der Waals surface area contributed by atoms with E-state index in [1.54, 1.807) is 0 Å². The van der Waals surface area contributed by atoms with Gasteiger partial charge in [0.25, 0.3) is 0 Å². The van der Waals surface area contributed by atoms with Crippen molar-refractivity contribution in [3.05, 3.63) is 61.7 Å². The van der Waals surface area contributed by atoms with Crippen molar-refractivity contribution >= 4 is 0 Å². The Balaban J connectivity index is 1.78. The smallest absolute Gasteiger partial charge is 0.243 e. The molecule has 1 aromatic carbocycles. The van der Waals surface area contributed by atoms with E-state index in [0.29, 0.717) is 0 Å². The molecule has 0 atom stereocenters. The number of hydrogen-bond acceptors (Lipinski definition) is 0. The average molecular weight is 322 g/mol. The standard InChI is InChI=1S/C20H26N4/c1-3-5-10-21-12-14-23(17-21)19-8-7-9-20(16-19)24-15-13-22(18-24)11-6-4-2/h7-9,12-16H,3-6,10-11H2,1-2H3.